The van der Waals surface area contributed by atoms with E-state index in [1.807, 2.05) is 36.1 Å². The van der Waals surface area contributed by atoms with Crippen molar-refractivity contribution in [3.63, 3.8) is 0 Å². The van der Waals surface area contributed by atoms with E-state index < -0.39 is 5.97 Å². The summed E-state index contributed by atoms with van der Waals surface area (Å²) in [6, 6.07) is 7.45. The Morgan fingerprint density at radius 3 is 2.77 bits per heavy atom. The lowest BCUT2D eigenvalue weighted by Crippen LogP contribution is -2.45. The Hall–Kier alpha value is -2.28. The summed E-state index contributed by atoms with van der Waals surface area (Å²) in [5.41, 5.74) is 0. The summed E-state index contributed by atoms with van der Waals surface area (Å²) in [7, 11) is 0. The Morgan fingerprint density at radius 1 is 1.36 bits per heavy atom. The number of hydrogen-bond acceptors (Lipinski definition) is 5. The molecule has 0 saturated carbocycles. The number of hydrogen-bond donors (Lipinski definition) is 2. The summed E-state index contributed by atoms with van der Waals surface area (Å²) in [6.45, 7) is 3.30. The molecule has 0 fully saturated rings. The standard InChI is InChI=1S/C15H20N2O5/c1-2-17(9-14(18)16-7-15(19)20)8-11-10-21-12-5-3-4-6-13(12)22-11/h3-6,11H,2,7-10H2,1H3,(H,16,18)(H,19,20). The number of fused-ring (bicyclic) bond motifs is 1. The minimum Gasteiger partial charge on any atom is -0.486 e. The molecule has 1 heterocycles. The van der Waals surface area contributed by atoms with Crippen LogP contribution in [0.15, 0.2) is 24.3 Å². The Morgan fingerprint density at radius 2 is 2.09 bits per heavy atom. The van der Waals surface area contributed by atoms with Crippen molar-refractivity contribution in [3.8, 4) is 11.5 Å². The van der Waals surface area contributed by atoms with Gasteiger partial charge in [-0.1, -0.05) is 19.1 Å². The molecule has 0 spiro atoms. The molecule has 2 rings (SSSR count). The van der Waals surface area contributed by atoms with Crippen LogP contribution in [0.2, 0.25) is 0 Å². The first-order valence-corrected chi connectivity index (χ1v) is 7.17. The molecule has 0 aromatic heterocycles. The van der Waals surface area contributed by atoms with Crippen molar-refractivity contribution in [2.45, 2.75) is 13.0 Å². The normalized spacial score (nSPS) is 16.4. The molecule has 120 valence electrons. The van der Waals surface area contributed by atoms with Crippen LogP contribution in [0.4, 0.5) is 0 Å². The first-order valence-electron chi connectivity index (χ1n) is 7.17. The van der Waals surface area contributed by atoms with Crippen molar-refractivity contribution < 1.29 is 24.2 Å². The summed E-state index contributed by atoms with van der Waals surface area (Å²) < 4.78 is 11.5. The van der Waals surface area contributed by atoms with Gasteiger partial charge in [0.1, 0.15) is 19.3 Å². The summed E-state index contributed by atoms with van der Waals surface area (Å²) in [5, 5.41) is 10.9. The Bertz CT molecular complexity index is 534. The van der Waals surface area contributed by atoms with Gasteiger partial charge in [-0.15, -0.1) is 0 Å². The number of para-hydroxylation sites is 2. The molecule has 7 nitrogen and oxygen atoms in total. The number of amides is 1. The van der Waals surface area contributed by atoms with E-state index in [1.54, 1.807) is 0 Å². The van der Waals surface area contributed by atoms with Crippen molar-refractivity contribution in [2.24, 2.45) is 0 Å². The van der Waals surface area contributed by atoms with Gasteiger partial charge in [-0.3, -0.25) is 14.5 Å². The minimum atomic E-state index is -1.06. The molecule has 0 radical (unpaired) electrons. The van der Waals surface area contributed by atoms with E-state index in [9.17, 15) is 9.59 Å². The van der Waals surface area contributed by atoms with Gasteiger partial charge in [0.05, 0.1) is 6.54 Å². The molecule has 1 aliphatic heterocycles. The second-order valence-electron chi connectivity index (χ2n) is 5.00. The van der Waals surface area contributed by atoms with Crippen LogP contribution in [0.3, 0.4) is 0 Å². The number of rotatable bonds is 7. The van der Waals surface area contributed by atoms with Gasteiger partial charge < -0.3 is 19.9 Å². The van der Waals surface area contributed by atoms with Crippen molar-refractivity contribution in [3.05, 3.63) is 24.3 Å². The molecule has 0 bridgehead atoms. The number of carbonyl (C=O) groups is 2. The van der Waals surface area contributed by atoms with E-state index in [-0.39, 0.29) is 25.1 Å². The predicted molar refractivity (Wildman–Crippen MR) is 79.1 cm³/mol. The van der Waals surface area contributed by atoms with Crippen LogP contribution in [0, 0.1) is 0 Å². The number of ether oxygens (including phenoxy) is 2. The Kier molecular flexibility index (Phi) is 5.60. The number of nitrogens with zero attached hydrogens (tertiary/aromatic N) is 1. The largest absolute Gasteiger partial charge is 0.486 e. The molecule has 22 heavy (non-hydrogen) atoms. The minimum absolute atomic E-state index is 0.130. The van der Waals surface area contributed by atoms with Gasteiger partial charge in [0.15, 0.2) is 11.5 Å². The van der Waals surface area contributed by atoms with Gasteiger partial charge in [-0.2, -0.15) is 0 Å². The quantitative estimate of drug-likeness (QED) is 0.755. The monoisotopic (exact) mass is 308 g/mol. The van der Waals surface area contributed by atoms with Gasteiger partial charge in [-0.25, -0.2) is 0 Å². The molecule has 7 heteroatoms. The number of nitrogens with one attached hydrogen (secondary N) is 1. The summed E-state index contributed by atoms with van der Waals surface area (Å²) >= 11 is 0. The number of aliphatic carboxylic acids is 1. The number of carboxylic acids is 1. The van der Waals surface area contributed by atoms with Gasteiger partial charge in [0.2, 0.25) is 5.91 Å². The van der Waals surface area contributed by atoms with Crippen LogP contribution >= 0.6 is 0 Å². The van der Waals surface area contributed by atoms with Crippen LogP contribution in [0.5, 0.6) is 11.5 Å². The smallest absolute Gasteiger partial charge is 0.322 e. The summed E-state index contributed by atoms with van der Waals surface area (Å²) in [5.74, 6) is 0.0459. The first kappa shape index (κ1) is 16.1. The van der Waals surface area contributed by atoms with E-state index in [1.165, 1.54) is 0 Å². The summed E-state index contributed by atoms with van der Waals surface area (Å²) in [6.07, 6.45) is -0.165. The number of carbonyl (C=O) groups excluding carboxylic acids is 1. The molecule has 1 amide bonds. The van der Waals surface area contributed by atoms with Gasteiger partial charge >= 0.3 is 5.97 Å². The zero-order valence-electron chi connectivity index (χ0n) is 12.4. The lowest BCUT2D eigenvalue weighted by Gasteiger charge is -2.30. The van der Waals surface area contributed by atoms with E-state index in [4.69, 9.17) is 14.6 Å². The molecule has 0 aliphatic carbocycles. The highest BCUT2D eigenvalue weighted by Crippen LogP contribution is 2.30. The molecular formula is C15H20N2O5. The highest BCUT2D eigenvalue weighted by molar-refractivity contribution is 5.82. The highest BCUT2D eigenvalue weighted by atomic mass is 16.6. The lowest BCUT2D eigenvalue weighted by atomic mass is 10.2. The predicted octanol–water partition coefficient (Wildman–Crippen LogP) is 0.349. The second-order valence-corrected chi connectivity index (χ2v) is 5.00. The van der Waals surface area contributed by atoms with Crippen LogP contribution in [0.25, 0.3) is 0 Å². The van der Waals surface area contributed by atoms with Crippen molar-refractivity contribution in [1.29, 1.82) is 0 Å². The average molecular weight is 308 g/mol. The van der Waals surface area contributed by atoms with Crippen LogP contribution in [0.1, 0.15) is 6.92 Å². The van der Waals surface area contributed by atoms with E-state index in [2.05, 4.69) is 5.32 Å². The lowest BCUT2D eigenvalue weighted by molar-refractivity contribution is -0.138. The Balaban J connectivity index is 1.83. The molecule has 2 N–H and O–H groups in total. The van der Waals surface area contributed by atoms with Gasteiger partial charge in [0.25, 0.3) is 0 Å². The number of benzene rings is 1. The van der Waals surface area contributed by atoms with Crippen molar-refractivity contribution >= 4 is 11.9 Å². The Labute approximate surface area is 128 Å². The topological polar surface area (TPSA) is 88.1 Å². The van der Waals surface area contributed by atoms with Crippen LogP contribution < -0.4 is 14.8 Å². The SMILES string of the molecule is CCN(CC(=O)NCC(=O)O)CC1COc2ccccc2O1. The van der Waals surface area contributed by atoms with E-state index in [0.717, 1.165) is 5.75 Å². The highest BCUT2D eigenvalue weighted by Gasteiger charge is 2.23. The summed E-state index contributed by atoms with van der Waals surface area (Å²) in [4.78, 5) is 24.0. The third-order valence-electron chi connectivity index (χ3n) is 3.28. The van der Waals surface area contributed by atoms with Gasteiger partial charge in [0, 0.05) is 6.54 Å². The molecule has 1 unspecified atom stereocenters. The van der Waals surface area contributed by atoms with E-state index >= 15 is 0 Å². The third-order valence-corrected chi connectivity index (χ3v) is 3.28. The van der Waals surface area contributed by atoms with Crippen LogP contribution in [-0.4, -0.2) is 60.8 Å². The average Bonchev–Trinajstić information content (AvgIpc) is 2.52. The molecule has 1 aromatic rings. The zero-order chi connectivity index (χ0) is 15.9. The second kappa shape index (κ2) is 7.65. The van der Waals surface area contributed by atoms with Crippen molar-refractivity contribution in [2.75, 3.05) is 32.8 Å². The zero-order valence-corrected chi connectivity index (χ0v) is 12.4. The molecule has 1 aromatic carbocycles. The fourth-order valence-corrected chi connectivity index (χ4v) is 2.18. The van der Waals surface area contributed by atoms with Crippen molar-refractivity contribution in [1.82, 2.24) is 10.2 Å². The fraction of sp³-hybridized carbons (Fsp3) is 0.467. The van der Waals surface area contributed by atoms with Crippen LogP contribution in [-0.2, 0) is 9.59 Å². The molecule has 0 saturated heterocycles. The molecule has 1 atom stereocenters. The van der Waals surface area contributed by atoms with E-state index in [0.29, 0.717) is 25.4 Å². The number of likely N-dealkylation sites (N-methyl/N-ethyl adjacent to an activating group) is 1. The first-order chi connectivity index (χ1) is 10.6. The fourth-order valence-electron chi connectivity index (χ4n) is 2.18. The maximum Gasteiger partial charge on any atom is 0.322 e. The molecular weight excluding hydrogens is 288 g/mol. The maximum absolute atomic E-state index is 11.7. The maximum atomic E-state index is 11.7. The van der Waals surface area contributed by atoms with Gasteiger partial charge in [-0.05, 0) is 18.7 Å². The molecule has 1 aliphatic rings. The number of carboxylic acid groups (broad SMARTS) is 1. The third kappa shape index (κ3) is 4.63.